The van der Waals surface area contributed by atoms with Crippen LogP contribution in [0.1, 0.15) is 44.9 Å². The second-order valence-electron chi connectivity index (χ2n) is 4.00. The highest BCUT2D eigenvalue weighted by Crippen LogP contribution is 2.40. The lowest BCUT2D eigenvalue weighted by Gasteiger charge is -2.19. The molecule has 0 N–H and O–H groups in total. The zero-order valence-corrected chi connectivity index (χ0v) is 8.41. The Balaban J connectivity index is 2.21. The highest BCUT2D eigenvalue weighted by atomic mass is 16.1. The molecule has 1 rings (SSSR count). The summed E-state index contributed by atoms with van der Waals surface area (Å²) < 4.78 is 0. The minimum Gasteiger partial charge on any atom is -0.290 e. The summed E-state index contributed by atoms with van der Waals surface area (Å²) in [5.74, 6) is 0. The fourth-order valence-corrected chi connectivity index (χ4v) is 2.15. The van der Waals surface area contributed by atoms with E-state index < -0.39 is 0 Å². The van der Waals surface area contributed by atoms with Gasteiger partial charge in [-0.15, -0.1) is 0 Å². The van der Waals surface area contributed by atoms with Gasteiger partial charge in [0.15, 0.2) is 0 Å². The van der Waals surface area contributed by atoms with Gasteiger partial charge in [0.1, 0.15) is 0 Å². The van der Waals surface area contributed by atoms with Crippen LogP contribution >= 0.6 is 0 Å². The molecule has 0 aromatic heterocycles. The van der Waals surface area contributed by atoms with E-state index in [2.05, 4.69) is 16.3 Å². The molecule has 14 heavy (non-hydrogen) atoms. The largest absolute Gasteiger partial charge is 0.290 e. The van der Waals surface area contributed by atoms with Crippen molar-refractivity contribution in [3.05, 3.63) is 10.4 Å². The fourth-order valence-electron chi connectivity index (χ4n) is 2.15. The van der Waals surface area contributed by atoms with Crippen molar-refractivity contribution in [3.63, 3.8) is 0 Å². The summed E-state index contributed by atoms with van der Waals surface area (Å²) in [4.78, 5) is 13.5. The molecule has 0 unspecified atom stereocenters. The average Bonchev–Trinajstić information content (AvgIpc) is 2.67. The summed E-state index contributed by atoms with van der Waals surface area (Å²) in [7, 11) is 0. The summed E-state index contributed by atoms with van der Waals surface area (Å²) in [6.07, 6.45) is 9.29. The highest BCUT2D eigenvalue weighted by molar-refractivity contribution is 5.60. The van der Waals surface area contributed by atoms with Crippen LogP contribution in [0.4, 0.5) is 0 Å². The van der Waals surface area contributed by atoms with Crippen molar-refractivity contribution in [2.24, 2.45) is 10.5 Å². The number of azide groups is 1. The molecule has 1 aliphatic carbocycles. The molecule has 0 amide bonds. The van der Waals surface area contributed by atoms with E-state index in [4.69, 9.17) is 5.53 Å². The molecule has 4 heteroatoms. The predicted octanol–water partition coefficient (Wildman–Crippen LogP) is 3.14. The van der Waals surface area contributed by atoms with Crippen molar-refractivity contribution < 1.29 is 4.79 Å². The van der Waals surface area contributed by atoms with E-state index in [9.17, 15) is 4.79 Å². The van der Waals surface area contributed by atoms with Gasteiger partial charge in [-0.05, 0) is 31.2 Å². The lowest BCUT2D eigenvalue weighted by molar-refractivity contribution is 0.355. The molecule has 1 fully saturated rings. The number of carbonyl (C=O) groups excluding carboxylic acids is 1. The Labute approximate surface area is 84.3 Å². The van der Waals surface area contributed by atoms with Crippen LogP contribution in [0.5, 0.6) is 0 Å². The molecule has 0 saturated heterocycles. The second kappa shape index (κ2) is 5.66. The molecule has 0 aromatic carbocycles. The molecule has 4 nitrogen and oxygen atoms in total. The van der Waals surface area contributed by atoms with E-state index >= 15 is 0 Å². The SMILES string of the molecule is [N-]=[N+]=NCCCCC1([C]=O)CCCC1. The number of rotatable bonds is 6. The zero-order chi connectivity index (χ0) is 10.3. The molecule has 0 atom stereocenters. The average molecular weight is 194 g/mol. The van der Waals surface area contributed by atoms with Gasteiger partial charge in [-0.2, -0.15) is 0 Å². The first-order valence-corrected chi connectivity index (χ1v) is 5.23. The molecule has 77 valence electrons. The normalized spacial score (nSPS) is 18.9. The van der Waals surface area contributed by atoms with E-state index in [1.807, 2.05) is 0 Å². The molecule has 0 aromatic rings. The molecule has 1 radical (unpaired) electrons. The van der Waals surface area contributed by atoms with Crippen LogP contribution in [-0.4, -0.2) is 12.8 Å². The number of hydrogen-bond donors (Lipinski definition) is 0. The van der Waals surface area contributed by atoms with Crippen molar-refractivity contribution in [1.29, 1.82) is 0 Å². The van der Waals surface area contributed by atoms with E-state index in [0.29, 0.717) is 6.54 Å². The van der Waals surface area contributed by atoms with Crippen LogP contribution in [0, 0.1) is 5.41 Å². The predicted molar refractivity (Wildman–Crippen MR) is 54.5 cm³/mol. The first kappa shape index (κ1) is 11.1. The van der Waals surface area contributed by atoms with Gasteiger partial charge in [-0.25, -0.2) is 0 Å². The van der Waals surface area contributed by atoms with Crippen molar-refractivity contribution >= 4 is 6.29 Å². The number of unbranched alkanes of at least 4 members (excludes halogenated alkanes) is 1. The van der Waals surface area contributed by atoms with Crippen molar-refractivity contribution in [1.82, 2.24) is 0 Å². The van der Waals surface area contributed by atoms with E-state index in [1.54, 1.807) is 0 Å². The van der Waals surface area contributed by atoms with E-state index in [0.717, 1.165) is 44.9 Å². The van der Waals surface area contributed by atoms with Gasteiger partial charge in [-0.1, -0.05) is 24.4 Å². The summed E-state index contributed by atoms with van der Waals surface area (Å²) in [6.45, 7) is 0.547. The lowest BCUT2D eigenvalue weighted by atomic mass is 9.83. The molecule has 0 aliphatic heterocycles. The Hall–Kier alpha value is -1.02. The van der Waals surface area contributed by atoms with Gasteiger partial charge in [0.25, 0.3) is 0 Å². The molecule has 0 heterocycles. The maximum absolute atomic E-state index is 10.8. The summed E-state index contributed by atoms with van der Waals surface area (Å²) >= 11 is 0. The minimum absolute atomic E-state index is 0.156. The Bertz CT molecular complexity index is 228. The van der Waals surface area contributed by atoms with Crippen LogP contribution in [0.15, 0.2) is 5.11 Å². The van der Waals surface area contributed by atoms with Gasteiger partial charge in [0, 0.05) is 16.9 Å². The van der Waals surface area contributed by atoms with Gasteiger partial charge < -0.3 is 0 Å². The number of nitrogens with zero attached hydrogens (tertiary/aromatic N) is 3. The Morgan fingerprint density at radius 2 is 2.07 bits per heavy atom. The van der Waals surface area contributed by atoms with Crippen molar-refractivity contribution in [3.8, 4) is 0 Å². The lowest BCUT2D eigenvalue weighted by Crippen LogP contribution is -2.17. The van der Waals surface area contributed by atoms with Crippen LogP contribution in [0.2, 0.25) is 0 Å². The molecule has 0 spiro atoms. The third kappa shape index (κ3) is 3.04. The van der Waals surface area contributed by atoms with Crippen molar-refractivity contribution in [2.45, 2.75) is 44.9 Å². The molecule has 1 saturated carbocycles. The van der Waals surface area contributed by atoms with Crippen LogP contribution in [-0.2, 0) is 4.79 Å². The summed E-state index contributed by atoms with van der Waals surface area (Å²) in [5, 5.41) is 3.47. The summed E-state index contributed by atoms with van der Waals surface area (Å²) in [5.41, 5.74) is 7.91. The Morgan fingerprint density at radius 1 is 1.36 bits per heavy atom. The van der Waals surface area contributed by atoms with Gasteiger partial charge in [0.05, 0.1) is 0 Å². The highest BCUT2D eigenvalue weighted by Gasteiger charge is 2.33. The van der Waals surface area contributed by atoms with Crippen LogP contribution in [0.25, 0.3) is 10.4 Å². The topological polar surface area (TPSA) is 65.8 Å². The Morgan fingerprint density at radius 3 is 2.64 bits per heavy atom. The summed E-state index contributed by atoms with van der Waals surface area (Å²) in [6, 6.07) is 0. The van der Waals surface area contributed by atoms with Gasteiger partial charge in [-0.3, -0.25) is 4.79 Å². The van der Waals surface area contributed by atoms with Crippen molar-refractivity contribution in [2.75, 3.05) is 6.54 Å². The third-order valence-electron chi connectivity index (χ3n) is 3.00. The third-order valence-corrected chi connectivity index (χ3v) is 3.00. The first-order chi connectivity index (χ1) is 6.83. The molecule has 0 bridgehead atoms. The molecule has 1 aliphatic rings. The maximum Gasteiger partial charge on any atom is 0.205 e. The van der Waals surface area contributed by atoms with Gasteiger partial charge in [0.2, 0.25) is 6.29 Å². The smallest absolute Gasteiger partial charge is 0.205 e. The zero-order valence-electron chi connectivity index (χ0n) is 8.41. The minimum atomic E-state index is -0.156. The van der Waals surface area contributed by atoms with Crippen LogP contribution in [0.3, 0.4) is 0 Å². The quantitative estimate of drug-likeness (QED) is 0.277. The second-order valence-corrected chi connectivity index (χ2v) is 4.00. The first-order valence-electron chi connectivity index (χ1n) is 5.23. The standard InChI is InChI=1S/C10H16N3O/c11-13-12-8-4-3-7-10(9-14)5-1-2-6-10/h1-8H2. The fraction of sp³-hybridized carbons (Fsp3) is 0.900. The number of hydrogen-bond acceptors (Lipinski definition) is 2. The molecular formula is C10H16N3O. The monoisotopic (exact) mass is 194 g/mol. The van der Waals surface area contributed by atoms with Crippen LogP contribution < -0.4 is 0 Å². The van der Waals surface area contributed by atoms with Gasteiger partial charge >= 0.3 is 0 Å². The maximum atomic E-state index is 10.8. The Kier molecular flexibility index (Phi) is 4.47. The molecular weight excluding hydrogens is 178 g/mol. The van der Waals surface area contributed by atoms with E-state index in [-0.39, 0.29) is 5.41 Å². The van der Waals surface area contributed by atoms with E-state index in [1.165, 1.54) is 0 Å².